The number of halogens is 4. The molecular formula is C20H30F3IN4O3. The van der Waals surface area contributed by atoms with Crippen molar-refractivity contribution in [2.45, 2.75) is 45.1 Å². The summed E-state index contributed by atoms with van der Waals surface area (Å²) in [6.45, 7) is 1.75. The Morgan fingerprint density at radius 2 is 1.84 bits per heavy atom. The maximum Gasteiger partial charge on any atom is 0.411 e. The van der Waals surface area contributed by atoms with Crippen molar-refractivity contribution in [3.63, 3.8) is 0 Å². The fraction of sp³-hybridized carbons (Fsp3) is 0.600. The van der Waals surface area contributed by atoms with Gasteiger partial charge in [-0.1, -0.05) is 24.3 Å². The number of nitrogens with one attached hydrogen (secondary N) is 3. The van der Waals surface area contributed by atoms with E-state index >= 15 is 0 Å². The predicted octanol–water partition coefficient (Wildman–Crippen LogP) is 3.57. The third-order valence-corrected chi connectivity index (χ3v) is 4.50. The third-order valence-electron chi connectivity index (χ3n) is 4.50. The van der Waals surface area contributed by atoms with Gasteiger partial charge in [-0.05, 0) is 36.8 Å². The van der Waals surface area contributed by atoms with Crippen molar-refractivity contribution in [2.75, 3.05) is 26.8 Å². The summed E-state index contributed by atoms with van der Waals surface area (Å²) < 4.78 is 45.9. The van der Waals surface area contributed by atoms with Crippen LogP contribution in [0.15, 0.2) is 29.3 Å². The fourth-order valence-electron chi connectivity index (χ4n) is 2.81. The summed E-state index contributed by atoms with van der Waals surface area (Å²) >= 11 is 0. The maximum absolute atomic E-state index is 12.1. The minimum atomic E-state index is -4.32. The number of alkyl carbamates (subject to hydrolysis) is 1. The first-order valence-electron chi connectivity index (χ1n) is 9.91. The van der Waals surface area contributed by atoms with Gasteiger partial charge in [0.05, 0.1) is 19.3 Å². The highest BCUT2D eigenvalue weighted by atomic mass is 127. The van der Waals surface area contributed by atoms with Crippen LogP contribution in [0.4, 0.5) is 18.0 Å². The number of aliphatic imine (C=N–C) groups is 1. The summed E-state index contributed by atoms with van der Waals surface area (Å²) in [6.07, 6.45) is -2.59. The monoisotopic (exact) mass is 558 g/mol. The van der Waals surface area contributed by atoms with Gasteiger partial charge in [0.1, 0.15) is 6.61 Å². The lowest BCUT2D eigenvalue weighted by Gasteiger charge is -2.20. The van der Waals surface area contributed by atoms with Gasteiger partial charge in [-0.3, -0.25) is 4.99 Å². The van der Waals surface area contributed by atoms with Crippen LogP contribution in [0.2, 0.25) is 0 Å². The average Bonchev–Trinajstić information content (AvgIpc) is 3.52. The van der Waals surface area contributed by atoms with Crippen LogP contribution < -0.4 is 16.0 Å². The Morgan fingerprint density at radius 1 is 1.19 bits per heavy atom. The van der Waals surface area contributed by atoms with E-state index in [1.807, 2.05) is 12.1 Å². The van der Waals surface area contributed by atoms with Gasteiger partial charge in [-0.25, -0.2) is 4.79 Å². The first-order valence-corrected chi connectivity index (χ1v) is 9.91. The highest BCUT2D eigenvalue weighted by Gasteiger charge is 2.32. The molecule has 1 unspecified atom stereocenters. The van der Waals surface area contributed by atoms with E-state index in [0.29, 0.717) is 37.1 Å². The van der Waals surface area contributed by atoms with Crippen LogP contribution in [-0.4, -0.2) is 51.1 Å². The number of rotatable bonds is 10. The molecule has 176 valence electrons. The molecule has 0 heterocycles. The second-order valence-corrected chi connectivity index (χ2v) is 7.04. The van der Waals surface area contributed by atoms with Crippen LogP contribution in [0.25, 0.3) is 0 Å². The van der Waals surface area contributed by atoms with E-state index in [-0.39, 0.29) is 36.6 Å². The highest BCUT2D eigenvalue weighted by Crippen LogP contribution is 2.32. The van der Waals surface area contributed by atoms with E-state index in [1.165, 1.54) is 0 Å². The van der Waals surface area contributed by atoms with E-state index in [0.717, 1.165) is 18.4 Å². The molecule has 2 rings (SSSR count). The van der Waals surface area contributed by atoms with Crippen molar-refractivity contribution in [2.24, 2.45) is 10.9 Å². The summed E-state index contributed by atoms with van der Waals surface area (Å²) in [6, 6.07) is 7.08. The lowest BCUT2D eigenvalue weighted by molar-refractivity contribution is -0.176. The van der Waals surface area contributed by atoms with Crippen molar-refractivity contribution in [1.82, 2.24) is 16.0 Å². The lowest BCUT2D eigenvalue weighted by atomic mass is 10.1. The predicted molar refractivity (Wildman–Crippen MR) is 122 cm³/mol. The molecule has 1 amide bonds. The fourth-order valence-corrected chi connectivity index (χ4v) is 2.81. The molecule has 1 atom stereocenters. The Hall–Kier alpha value is -1.76. The smallest absolute Gasteiger partial charge is 0.411 e. The Morgan fingerprint density at radius 3 is 2.39 bits per heavy atom. The lowest BCUT2D eigenvalue weighted by Crippen LogP contribution is -2.48. The molecule has 1 fully saturated rings. The molecule has 0 saturated heterocycles. The zero-order valence-corrected chi connectivity index (χ0v) is 20.0. The van der Waals surface area contributed by atoms with E-state index < -0.39 is 18.9 Å². The second-order valence-electron chi connectivity index (χ2n) is 7.04. The molecule has 31 heavy (non-hydrogen) atoms. The van der Waals surface area contributed by atoms with Gasteiger partial charge in [0.2, 0.25) is 0 Å². The number of hydrogen-bond acceptors (Lipinski definition) is 4. The minimum Gasteiger partial charge on any atom is -0.450 e. The van der Waals surface area contributed by atoms with Gasteiger partial charge in [0.25, 0.3) is 0 Å². The Labute approximate surface area is 197 Å². The molecule has 0 radical (unpaired) electrons. The van der Waals surface area contributed by atoms with E-state index in [1.54, 1.807) is 26.1 Å². The summed E-state index contributed by atoms with van der Waals surface area (Å²) in [5.74, 6) is 1.02. The molecular weight excluding hydrogens is 528 g/mol. The summed E-state index contributed by atoms with van der Waals surface area (Å²) in [5.41, 5.74) is 1.61. The van der Waals surface area contributed by atoms with Gasteiger partial charge in [0, 0.05) is 20.1 Å². The number of ether oxygens (including phenoxy) is 2. The number of hydrogen-bond donors (Lipinski definition) is 3. The van der Waals surface area contributed by atoms with Crippen LogP contribution in [-0.2, 0) is 22.6 Å². The minimum absolute atomic E-state index is 0. The standard InChI is InChI=1S/C20H29F3N4O3.HI/c1-3-30-19(28)27-17(16-8-9-16)11-26-18(24-2)25-10-14-4-6-15(7-5-14)12-29-13-20(21,22)23;/h4-7,16-17H,3,8-13H2,1-2H3,(H,27,28)(H2,24,25,26);1H. The molecule has 0 bridgehead atoms. The van der Waals surface area contributed by atoms with Crippen molar-refractivity contribution < 1.29 is 27.4 Å². The van der Waals surface area contributed by atoms with Gasteiger partial charge in [-0.2, -0.15) is 13.2 Å². The normalized spacial score (nSPS) is 14.9. The topological polar surface area (TPSA) is 84.0 Å². The molecule has 0 aliphatic heterocycles. The summed E-state index contributed by atoms with van der Waals surface area (Å²) in [5, 5.41) is 9.26. The van der Waals surface area contributed by atoms with Gasteiger partial charge >= 0.3 is 12.3 Å². The zero-order chi connectivity index (χ0) is 22.0. The number of carbonyl (C=O) groups excluding carboxylic acids is 1. The molecule has 7 nitrogen and oxygen atoms in total. The van der Waals surface area contributed by atoms with Gasteiger partial charge in [0.15, 0.2) is 5.96 Å². The molecule has 1 aliphatic carbocycles. The number of alkyl halides is 3. The van der Waals surface area contributed by atoms with Gasteiger partial charge < -0.3 is 25.4 Å². The SMILES string of the molecule is CCOC(=O)NC(CNC(=NC)NCc1ccc(COCC(F)(F)F)cc1)C1CC1.I. The van der Waals surface area contributed by atoms with Crippen LogP contribution in [0.1, 0.15) is 30.9 Å². The Bertz CT molecular complexity index is 698. The first-order chi connectivity index (χ1) is 14.3. The van der Waals surface area contributed by atoms with Crippen LogP contribution in [0.5, 0.6) is 0 Å². The number of benzene rings is 1. The van der Waals surface area contributed by atoms with E-state index in [4.69, 9.17) is 4.74 Å². The second kappa shape index (κ2) is 13.6. The van der Waals surface area contributed by atoms with Crippen LogP contribution >= 0.6 is 24.0 Å². The molecule has 3 N–H and O–H groups in total. The Balaban J connectivity index is 0.00000480. The maximum atomic E-state index is 12.1. The molecule has 1 aliphatic rings. The van der Waals surface area contributed by atoms with Crippen molar-refractivity contribution in [3.05, 3.63) is 35.4 Å². The van der Waals surface area contributed by atoms with E-state index in [2.05, 4.69) is 25.7 Å². The summed E-state index contributed by atoms with van der Waals surface area (Å²) in [7, 11) is 1.65. The third kappa shape index (κ3) is 11.4. The first kappa shape index (κ1) is 27.3. The average molecular weight is 558 g/mol. The molecule has 0 aromatic heterocycles. The number of carbonyl (C=O) groups is 1. The Kier molecular flexibility index (Phi) is 12.0. The molecule has 1 aromatic carbocycles. The van der Waals surface area contributed by atoms with Crippen molar-refractivity contribution in [1.29, 1.82) is 0 Å². The van der Waals surface area contributed by atoms with Crippen LogP contribution in [0, 0.1) is 5.92 Å². The molecule has 11 heteroatoms. The molecule has 1 saturated carbocycles. The quantitative estimate of drug-likeness (QED) is 0.233. The number of nitrogens with zero attached hydrogens (tertiary/aromatic N) is 1. The number of guanidine groups is 1. The van der Waals surface area contributed by atoms with Gasteiger partial charge in [-0.15, -0.1) is 24.0 Å². The highest BCUT2D eigenvalue weighted by molar-refractivity contribution is 14.0. The van der Waals surface area contributed by atoms with Crippen molar-refractivity contribution in [3.8, 4) is 0 Å². The molecule has 0 spiro atoms. The number of amides is 1. The largest absolute Gasteiger partial charge is 0.450 e. The molecule has 1 aromatic rings. The van der Waals surface area contributed by atoms with Crippen LogP contribution in [0.3, 0.4) is 0 Å². The van der Waals surface area contributed by atoms with E-state index in [9.17, 15) is 18.0 Å². The summed E-state index contributed by atoms with van der Waals surface area (Å²) in [4.78, 5) is 15.9. The van der Waals surface area contributed by atoms with Crippen molar-refractivity contribution >= 4 is 36.0 Å². The zero-order valence-electron chi connectivity index (χ0n) is 17.6.